The summed E-state index contributed by atoms with van der Waals surface area (Å²) in [5.41, 5.74) is 0. The first kappa shape index (κ1) is 13.3. The summed E-state index contributed by atoms with van der Waals surface area (Å²) in [6, 6.07) is 0. The van der Waals surface area contributed by atoms with E-state index >= 15 is 0 Å². The Morgan fingerprint density at radius 3 is 2.44 bits per heavy atom. The molecule has 0 amide bonds. The smallest absolute Gasteiger partial charge is 0.308 e. The third-order valence-electron chi connectivity index (χ3n) is 2.80. The fourth-order valence-corrected chi connectivity index (χ4v) is 1.97. The molecular weight excluding hydrogens is 218 g/mol. The van der Waals surface area contributed by atoms with Gasteiger partial charge in [-0.2, -0.15) is 0 Å². The lowest BCUT2D eigenvalue weighted by atomic mass is 9.85. The molecular formula is C9H17NO6. The first-order chi connectivity index (χ1) is 7.58. The van der Waals surface area contributed by atoms with Crippen molar-refractivity contribution in [2.75, 3.05) is 14.2 Å². The Balaban J connectivity index is 2.53. The Morgan fingerprint density at radius 2 is 1.94 bits per heavy atom. The molecule has 94 valence electrons. The minimum Gasteiger partial charge on any atom is -0.469 e. The fourth-order valence-electron chi connectivity index (χ4n) is 1.97. The maximum atomic E-state index is 11.3. The van der Waals surface area contributed by atoms with Crippen LogP contribution in [-0.2, 0) is 19.1 Å². The van der Waals surface area contributed by atoms with E-state index in [1.807, 2.05) is 0 Å². The minimum absolute atomic E-state index is 0.222. The lowest BCUT2D eigenvalue weighted by Crippen LogP contribution is -2.42. The molecule has 7 heteroatoms. The molecule has 0 heterocycles. The Hall–Kier alpha value is -0.730. The van der Waals surface area contributed by atoms with Crippen LogP contribution in [0.15, 0.2) is 0 Å². The average molecular weight is 235 g/mol. The summed E-state index contributed by atoms with van der Waals surface area (Å²) in [6.07, 6.45) is 0.684. The summed E-state index contributed by atoms with van der Waals surface area (Å²) in [6.45, 7) is 0. The van der Waals surface area contributed by atoms with Gasteiger partial charge >= 0.3 is 5.97 Å². The SMILES string of the molecule is COC(=O)[C@@H]1CC[C@H](ON(O)O)[C@@H](OC)C1. The molecule has 3 atom stereocenters. The summed E-state index contributed by atoms with van der Waals surface area (Å²) >= 11 is 0. The van der Waals surface area contributed by atoms with Gasteiger partial charge in [0.1, 0.15) is 6.10 Å². The van der Waals surface area contributed by atoms with Gasteiger partial charge in [0, 0.05) is 7.11 Å². The van der Waals surface area contributed by atoms with E-state index in [-0.39, 0.29) is 23.4 Å². The van der Waals surface area contributed by atoms with Gasteiger partial charge in [0.05, 0.1) is 24.5 Å². The van der Waals surface area contributed by atoms with E-state index in [9.17, 15) is 4.79 Å². The van der Waals surface area contributed by atoms with Crippen LogP contribution in [0.3, 0.4) is 0 Å². The number of hydrogen-bond acceptors (Lipinski definition) is 7. The number of ether oxygens (including phenoxy) is 2. The molecule has 1 aliphatic carbocycles. The topological polar surface area (TPSA) is 88.5 Å². The molecule has 16 heavy (non-hydrogen) atoms. The number of carbonyl (C=O) groups is 1. The van der Waals surface area contributed by atoms with Crippen LogP contribution in [-0.4, -0.2) is 48.2 Å². The van der Waals surface area contributed by atoms with E-state index in [4.69, 9.17) is 20.0 Å². The molecule has 2 N–H and O–H groups in total. The molecule has 0 unspecified atom stereocenters. The molecule has 0 aromatic rings. The number of rotatable bonds is 4. The summed E-state index contributed by atoms with van der Waals surface area (Å²) in [7, 11) is 2.83. The molecule has 0 aromatic heterocycles. The van der Waals surface area contributed by atoms with Crippen molar-refractivity contribution in [1.82, 2.24) is 5.39 Å². The molecule has 0 saturated heterocycles. The molecule has 1 rings (SSSR count). The Morgan fingerprint density at radius 1 is 1.25 bits per heavy atom. The van der Waals surface area contributed by atoms with Gasteiger partial charge in [-0.05, 0) is 19.3 Å². The third kappa shape index (κ3) is 3.39. The maximum absolute atomic E-state index is 11.3. The number of nitrogens with zero attached hydrogens (tertiary/aromatic N) is 1. The first-order valence-electron chi connectivity index (χ1n) is 5.03. The van der Waals surface area contributed by atoms with Gasteiger partial charge in [-0.15, -0.1) is 0 Å². The maximum Gasteiger partial charge on any atom is 0.308 e. The second kappa shape index (κ2) is 6.12. The van der Waals surface area contributed by atoms with Gasteiger partial charge < -0.3 is 9.47 Å². The summed E-state index contributed by atoms with van der Waals surface area (Å²) in [5.74, 6) is -0.494. The monoisotopic (exact) mass is 235 g/mol. The number of methoxy groups -OCH3 is 2. The second-order valence-electron chi connectivity index (χ2n) is 3.70. The third-order valence-corrected chi connectivity index (χ3v) is 2.80. The van der Waals surface area contributed by atoms with E-state index in [0.29, 0.717) is 19.3 Å². The number of hydrogen-bond donors (Lipinski definition) is 2. The predicted octanol–water partition coefficient (Wildman–Crippen LogP) is 0.355. The van der Waals surface area contributed by atoms with Crippen molar-refractivity contribution < 1.29 is 29.5 Å². The fraction of sp³-hybridized carbons (Fsp3) is 0.889. The highest BCUT2D eigenvalue weighted by atomic mass is 17.1. The molecule has 1 saturated carbocycles. The average Bonchev–Trinajstić information content (AvgIpc) is 2.27. The van der Waals surface area contributed by atoms with Crippen LogP contribution in [0.5, 0.6) is 0 Å². The van der Waals surface area contributed by atoms with Crippen LogP contribution in [0.2, 0.25) is 0 Å². The number of esters is 1. The van der Waals surface area contributed by atoms with E-state index in [1.165, 1.54) is 14.2 Å². The van der Waals surface area contributed by atoms with Crippen molar-refractivity contribution in [2.45, 2.75) is 31.5 Å². The van der Waals surface area contributed by atoms with Crippen LogP contribution in [0, 0.1) is 5.92 Å². The Kier molecular flexibility index (Phi) is 5.10. The number of carbonyl (C=O) groups excluding carboxylic acids is 1. The molecule has 1 aliphatic rings. The summed E-state index contributed by atoms with van der Waals surface area (Å²) < 4.78 is 9.80. The van der Waals surface area contributed by atoms with Gasteiger partial charge in [0.25, 0.3) is 0 Å². The highest BCUT2D eigenvalue weighted by Crippen LogP contribution is 2.29. The zero-order valence-electron chi connectivity index (χ0n) is 9.33. The Bertz CT molecular complexity index is 234. The van der Waals surface area contributed by atoms with E-state index in [2.05, 4.69) is 4.74 Å². The van der Waals surface area contributed by atoms with Gasteiger partial charge in [-0.25, -0.2) is 4.84 Å². The van der Waals surface area contributed by atoms with Crippen molar-refractivity contribution in [1.29, 1.82) is 0 Å². The predicted molar refractivity (Wildman–Crippen MR) is 50.4 cm³/mol. The van der Waals surface area contributed by atoms with Crippen LogP contribution in [0.1, 0.15) is 19.3 Å². The molecule has 0 aliphatic heterocycles. The molecule has 0 spiro atoms. The Labute approximate surface area is 93.4 Å². The van der Waals surface area contributed by atoms with Gasteiger partial charge in [-0.1, -0.05) is 0 Å². The van der Waals surface area contributed by atoms with E-state index in [0.717, 1.165) is 0 Å². The van der Waals surface area contributed by atoms with Gasteiger partial charge in [-0.3, -0.25) is 15.2 Å². The van der Waals surface area contributed by atoms with E-state index in [1.54, 1.807) is 0 Å². The van der Waals surface area contributed by atoms with Crippen molar-refractivity contribution >= 4 is 5.97 Å². The summed E-state index contributed by atoms with van der Waals surface area (Å²) in [4.78, 5) is 16.1. The van der Waals surface area contributed by atoms with Crippen molar-refractivity contribution in [2.24, 2.45) is 5.92 Å². The highest BCUT2D eigenvalue weighted by Gasteiger charge is 2.36. The van der Waals surface area contributed by atoms with Crippen molar-refractivity contribution in [3.8, 4) is 0 Å². The van der Waals surface area contributed by atoms with Crippen molar-refractivity contribution in [3.05, 3.63) is 0 Å². The van der Waals surface area contributed by atoms with Crippen LogP contribution < -0.4 is 0 Å². The van der Waals surface area contributed by atoms with Gasteiger partial charge in [0.15, 0.2) is 0 Å². The molecule has 7 nitrogen and oxygen atoms in total. The quantitative estimate of drug-likeness (QED) is 0.537. The molecule has 0 bridgehead atoms. The van der Waals surface area contributed by atoms with Crippen LogP contribution in [0.4, 0.5) is 0 Å². The normalized spacial score (nSPS) is 30.4. The van der Waals surface area contributed by atoms with Crippen LogP contribution in [0.25, 0.3) is 0 Å². The van der Waals surface area contributed by atoms with Gasteiger partial charge in [0.2, 0.25) is 0 Å². The van der Waals surface area contributed by atoms with Crippen LogP contribution >= 0.6 is 0 Å². The molecule has 1 fully saturated rings. The lowest BCUT2D eigenvalue weighted by molar-refractivity contribution is -0.510. The minimum atomic E-state index is -0.471. The first-order valence-corrected chi connectivity index (χ1v) is 5.03. The molecule has 0 radical (unpaired) electrons. The van der Waals surface area contributed by atoms with E-state index < -0.39 is 6.10 Å². The zero-order chi connectivity index (χ0) is 12.1. The molecule has 0 aromatic carbocycles. The van der Waals surface area contributed by atoms with Crippen molar-refractivity contribution in [3.63, 3.8) is 0 Å². The lowest BCUT2D eigenvalue weighted by Gasteiger charge is -2.33. The highest BCUT2D eigenvalue weighted by molar-refractivity contribution is 5.72. The largest absolute Gasteiger partial charge is 0.469 e. The zero-order valence-corrected chi connectivity index (χ0v) is 9.33. The standard InChI is InChI=1S/C9H17NO6/c1-14-8-5-6(9(11)15-2)3-4-7(8)16-10(12)13/h6-8,12-13H,3-5H2,1-2H3/t6-,7+,8+/m1/s1. The second-order valence-corrected chi connectivity index (χ2v) is 3.70. The summed E-state index contributed by atoms with van der Waals surface area (Å²) in [5, 5.41) is 16.8.